The van der Waals surface area contributed by atoms with E-state index in [1.165, 1.54) is 12.1 Å². The highest BCUT2D eigenvalue weighted by Gasteiger charge is 2.13. The van der Waals surface area contributed by atoms with Crippen LogP contribution in [-0.2, 0) is 0 Å². The monoisotopic (exact) mass is 263 g/mol. The third-order valence-electron chi connectivity index (χ3n) is 3.02. The van der Waals surface area contributed by atoms with Gasteiger partial charge in [0.2, 0.25) is 0 Å². The summed E-state index contributed by atoms with van der Waals surface area (Å²) in [5, 5.41) is 10.9. The number of nitrogens with zero attached hydrogens (tertiary/aromatic N) is 1. The average molecular weight is 263 g/mol. The lowest BCUT2D eigenvalue weighted by molar-refractivity contribution is 0.489. The zero-order valence-corrected chi connectivity index (χ0v) is 11.3. The highest BCUT2D eigenvalue weighted by atomic mass is 19.1. The summed E-state index contributed by atoms with van der Waals surface area (Å²) in [6.45, 7) is 7.07. The van der Waals surface area contributed by atoms with E-state index in [4.69, 9.17) is 0 Å². The fourth-order valence-electron chi connectivity index (χ4n) is 2.00. The number of benzene rings is 1. The molecule has 0 spiro atoms. The summed E-state index contributed by atoms with van der Waals surface area (Å²) in [7, 11) is 0. The lowest BCUT2D eigenvalue weighted by Crippen LogP contribution is -2.25. The van der Waals surface area contributed by atoms with Gasteiger partial charge in [-0.3, -0.25) is 4.79 Å². The van der Waals surface area contributed by atoms with Gasteiger partial charge >= 0.3 is 0 Å². The zero-order chi connectivity index (χ0) is 14.0. The molecule has 1 aromatic carbocycles. The Hall–Kier alpha value is -1.75. The van der Waals surface area contributed by atoms with Gasteiger partial charge in [0.05, 0.1) is 11.1 Å². The molecule has 0 amide bonds. The normalized spacial score (nSPS) is 13.1. The van der Waals surface area contributed by atoms with Gasteiger partial charge in [-0.15, -0.1) is 0 Å². The smallest absolute Gasteiger partial charge is 0.272 e. The van der Waals surface area contributed by atoms with Crippen LogP contribution >= 0.6 is 0 Å². The molecular formula is C14H18FN3O. The molecule has 0 fully saturated rings. The molecule has 0 radical (unpaired) electrons. The van der Waals surface area contributed by atoms with Gasteiger partial charge in [0, 0.05) is 11.4 Å². The highest BCUT2D eigenvalue weighted by Crippen LogP contribution is 2.20. The number of fused-ring (bicyclic) bond motifs is 1. The number of hydrogen-bond acceptors (Lipinski definition) is 3. The van der Waals surface area contributed by atoms with Crippen molar-refractivity contribution in [2.45, 2.75) is 26.8 Å². The highest BCUT2D eigenvalue weighted by molar-refractivity contribution is 5.83. The molecule has 1 atom stereocenters. The van der Waals surface area contributed by atoms with Gasteiger partial charge in [0.15, 0.2) is 0 Å². The molecule has 0 saturated heterocycles. The molecule has 0 saturated carbocycles. The largest absolute Gasteiger partial charge is 0.309 e. The molecule has 5 heteroatoms. The number of rotatable bonds is 4. The van der Waals surface area contributed by atoms with Gasteiger partial charge in [-0.2, -0.15) is 5.10 Å². The van der Waals surface area contributed by atoms with E-state index in [1.807, 2.05) is 6.92 Å². The summed E-state index contributed by atoms with van der Waals surface area (Å²) in [5.74, 6) is 0.104. The van der Waals surface area contributed by atoms with E-state index in [-0.39, 0.29) is 11.6 Å². The van der Waals surface area contributed by atoms with Crippen LogP contribution in [0.2, 0.25) is 0 Å². The summed E-state index contributed by atoms with van der Waals surface area (Å²) in [5.41, 5.74) is 0.365. The van der Waals surface area contributed by atoms with Crippen LogP contribution in [0.3, 0.4) is 0 Å². The first-order valence-corrected chi connectivity index (χ1v) is 6.40. The Kier molecular flexibility index (Phi) is 3.95. The Morgan fingerprint density at radius 1 is 1.32 bits per heavy atom. The molecule has 0 aliphatic heterocycles. The number of aromatic amines is 1. The first kappa shape index (κ1) is 13.7. The van der Waals surface area contributed by atoms with Crippen LogP contribution in [0, 0.1) is 11.7 Å². The van der Waals surface area contributed by atoms with Crippen LogP contribution in [0.4, 0.5) is 4.39 Å². The van der Waals surface area contributed by atoms with Gasteiger partial charge in [0.1, 0.15) is 5.82 Å². The Morgan fingerprint density at radius 2 is 2.05 bits per heavy atom. The molecule has 2 aromatic rings. The van der Waals surface area contributed by atoms with Crippen LogP contribution in [0.1, 0.15) is 32.5 Å². The van der Waals surface area contributed by atoms with Crippen molar-refractivity contribution in [1.29, 1.82) is 0 Å². The van der Waals surface area contributed by atoms with E-state index in [2.05, 4.69) is 29.4 Å². The van der Waals surface area contributed by atoms with Crippen LogP contribution in [0.15, 0.2) is 23.0 Å². The molecule has 0 unspecified atom stereocenters. The maximum atomic E-state index is 13.2. The van der Waals surface area contributed by atoms with Crippen molar-refractivity contribution in [3.8, 4) is 0 Å². The van der Waals surface area contributed by atoms with Crippen molar-refractivity contribution in [2.75, 3.05) is 6.54 Å². The molecule has 1 heterocycles. The van der Waals surface area contributed by atoms with Crippen LogP contribution in [0.25, 0.3) is 10.8 Å². The molecule has 0 bridgehead atoms. The minimum absolute atomic E-state index is 0.00721. The predicted octanol–water partition coefficient (Wildman–Crippen LogP) is 2.37. The van der Waals surface area contributed by atoms with Crippen LogP contribution < -0.4 is 10.9 Å². The number of halogens is 1. The average Bonchev–Trinajstić information content (AvgIpc) is 2.37. The lowest BCUT2D eigenvalue weighted by Gasteiger charge is -2.16. The van der Waals surface area contributed by atoms with E-state index in [9.17, 15) is 9.18 Å². The second-order valence-electron chi connectivity index (χ2n) is 5.15. The molecular weight excluding hydrogens is 245 g/mol. The molecule has 4 nitrogen and oxygen atoms in total. The van der Waals surface area contributed by atoms with Gasteiger partial charge in [0.25, 0.3) is 5.56 Å². The van der Waals surface area contributed by atoms with Crippen molar-refractivity contribution in [3.63, 3.8) is 0 Å². The third-order valence-corrected chi connectivity index (χ3v) is 3.02. The SMILES string of the molecule is CC(C)CN[C@H](C)c1n[nH]c(=O)c2cc(F)ccc12. The van der Waals surface area contributed by atoms with Crippen molar-refractivity contribution in [1.82, 2.24) is 15.5 Å². The number of H-pyrrole nitrogens is 1. The van der Waals surface area contributed by atoms with Crippen molar-refractivity contribution in [3.05, 3.63) is 40.1 Å². The second-order valence-corrected chi connectivity index (χ2v) is 5.15. The quantitative estimate of drug-likeness (QED) is 0.890. The molecule has 2 N–H and O–H groups in total. The van der Waals surface area contributed by atoms with Crippen LogP contribution in [0.5, 0.6) is 0 Å². The zero-order valence-electron chi connectivity index (χ0n) is 11.3. The maximum absolute atomic E-state index is 13.2. The Morgan fingerprint density at radius 3 is 2.74 bits per heavy atom. The summed E-state index contributed by atoms with van der Waals surface area (Å²) in [6.07, 6.45) is 0. The molecule has 102 valence electrons. The van der Waals surface area contributed by atoms with Crippen molar-refractivity contribution in [2.24, 2.45) is 5.92 Å². The molecule has 0 aliphatic carbocycles. The van der Waals surface area contributed by atoms with E-state index in [1.54, 1.807) is 6.07 Å². The van der Waals surface area contributed by atoms with Crippen molar-refractivity contribution < 1.29 is 4.39 Å². The Bertz CT molecular complexity index is 636. The van der Waals surface area contributed by atoms with E-state index in [0.717, 1.165) is 12.2 Å². The fraction of sp³-hybridized carbons (Fsp3) is 0.429. The van der Waals surface area contributed by atoms with Gasteiger partial charge in [-0.25, -0.2) is 9.49 Å². The van der Waals surface area contributed by atoms with E-state index in [0.29, 0.717) is 16.7 Å². The molecule has 19 heavy (non-hydrogen) atoms. The van der Waals surface area contributed by atoms with Crippen LogP contribution in [-0.4, -0.2) is 16.7 Å². The number of aromatic nitrogens is 2. The second kappa shape index (κ2) is 5.48. The Balaban J connectivity index is 2.44. The standard InChI is InChI=1S/C14H18FN3O/c1-8(2)7-16-9(3)13-11-5-4-10(15)6-12(11)14(19)18-17-13/h4-6,8-9,16H,7H2,1-3H3,(H,18,19)/t9-/m1/s1. The lowest BCUT2D eigenvalue weighted by atomic mass is 10.1. The van der Waals surface area contributed by atoms with Gasteiger partial charge in [-0.05, 0) is 37.6 Å². The predicted molar refractivity (Wildman–Crippen MR) is 73.6 cm³/mol. The van der Waals surface area contributed by atoms with Gasteiger partial charge in [-0.1, -0.05) is 13.8 Å². The summed E-state index contributed by atoms with van der Waals surface area (Å²) >= 11 is 0. The third kappa shape index (κ3) is 2.98. The summed E-state index contributed by atoms with van der Waals surface area (Å²) in [6, 6.07) is 4.19. The molecule has 1 aromatic heterocycles. The van der Waals surface area contributed by atoms with E-state index < -0.39 is 5.82 Å². The summed E-state index contributed by atoms with van der Waals surface area (Å²) < 4.78 is 13.2. The van der Waals surface area contributed by atoms with Crippen molar-refractivity contribution >= 4 is 10.8 Å². The first-order valence-electron chi connectivity index (χ1n) is 6.40. The topological polar surface area (TPSA) is 57.8 Å². The maximum Gasteiger partial charge on any atom is 0.272 e. The number of hydrogen-bond donors (Lipinski definition) is 2. The first-order chi connectivity index (χ1) is 8.99. The fourth-order valence-corrected chi connectivity index (χ4v) is 2.00. The summed E-state index contributed by atoms with van der Waals surface area (Å²) in [4.78, 5) is 11.7. The minimum atomic E-state index is -0.419. The van der Waals surface area contributed by atoms with E-state index >= 15 is 0 Å². The molecule has 0 aliphatic rings. The number of nitrogens with one attached hydrogen (secondary N) is 2. The van der Waals surface area contributed by atoms with Gasteiger partial charge < -0.3 is 5.32 Å². The Labute approximate surface area is 111 Å². The molecule has 2 rings (SSSR count). The minimum Gasteiger partial charge on any atom is -0.309 e.